The Morgan fingerprint density at radius 1 is 1.35 bits per heavy atom. The van der Waals surface area contributed by atoms with Crippen molar-refractivity contribution >= 4 is 47.7 Å². The van der Waals surface area contributed by atoms with Gasteiger partial charge in [-0.25, -0.2) is 4.98 Å². The normalized spacial score (nSPS) is 9.96. The van der Waals surface area contributed by atoms with E-state index in [4.69, 9.17) is 5.73 Å². The van der Waals surface area contributed by atoms with Gasteiger partial charge in [-0.2, -0.15) is 0 Å². The third kappa shape index (κ3) is 6.08. The zero-order valence-corrected chi connectivity index (χ0v) is 15.8. The van der Waals surface area contributed by atoms with Gasteiger partial charge in [0.25, 0.3) is 5.91 Å². The number of hydrogen-bond acceptors (Lipinski definition) is 5. The molecule has 0 radical (unpaired) electrons. The van der Waals surface area contributed by atoms with E-state index in [0.717, 1.165) is 22.8 Å². The third-order valence-electron chi connectivity index (χ3n) is 2.95. The molecule has 5 nitrogen and oxygen atoms in total. The summed E-state index contributed by atoms with van der Waals surface area (Å²) in [6.07, 6.45) is 0. The van der Waals surface area contributed by atoms with Crippen LogP contribution in [0.15, 0.2) is 23.6 Å². The number of aryl methyl sites for hydroxylation is 1. The Hall–Kier alpha value is -1.18. The summed E-state index contributed by atoms with van der Waals surface area (Å²) in [6, 6.07) is 6.01. The Balaban J connectivity index is 0.00000242. The predicted octanol–water partition coefficient (Wildman–Crippen LogP) is 3.07. The fourth-order valence-electron chi connectivity index (χ4n) is 2.01. The maximum Gasteiger partial charge on any atom is 0.275 e. The van der Waals surface area contributed by atoms with Crippen LogP contribution in [0, 0.1) is 6.92 Å². The van der Waals surface area contributed by atoms with Crippen molar-refractivity contribution in [1.82, 2.24) is 9.88 Å². The summed E-state index contributed by atoms with van der Waals surface area (Å²) >= 11 is 1.40. The number of nitrogens with two attached hydrogens (primary N) is 1. The van der Waals surface area contributed by atoms with Gasteiger partial charge in [0.1, 0.15) is 10.7 Å². The molecule has 3 N–H and O–H groups in total. The Bertz CT molecular complexity index is 646. The number of benzene rings is 1. The highest BCUT2D eigenvalue weighted by Crippen LogP contribution is 2.20. The summed E-state index contributed by atoms with van der Waals surface area (Å²) in [5, 5.41) is 5.43. The van der Waals surface area contributed by atoms with E-state index in [1.165, 1.54) is 16.9 Å². The van der Waals surface area contributed by atoms with Crippen LogP contribution in [0.2, 0.25) is 0 Å². The molecule has 0 aliphatic carbocycles. The van der Waals surface area contributed by atoms with Gasteiger partial charge in [0.2, 0.25) is 0 Å². The van der Waals surface area contributed by atoms with Gasteiger partial charge >= 0.3 is 0 Å². The number of hydrogen-bond donors (Lipinski definition) is 2. The van der Waals surface area contributed by atoms with Gasteiger partial charge in [-0.1, -0.05) is 17.7 Å². The number of nitrogens with one attached hydrogen (secondary N) is 1. The summed E-state index contributed by atoms with van der Waals surface area (Å²) < 4.78 is 0. The first kappa shape index (κ1) is 21.8. The quantitative estimate of drug-likeness (QED) is 0.840. The number of nitrogens with zero attached hydrogens (tertiary/aromatic N) is 2. The van der Waals surface area contributed by atoms with Gasteiger partial charge in [-0.3, -0.25) is 4.79 Å². The molecule has 23 heavy (non-hydrogen) atoms. The highest BCUT2D eigenvalue weighted by Gasteiger charge is 2.13. The molecule has 2 rings (SSSR count). The van der Waals surface area contributed by atoms with Crippen LogP contribution < -0.4 is 11.1 Å². The molecule has 8 heteroatoms. The van der Waals surface area contributed by atoms with Gasteiger partial charge in [0.15, 0.2) is 0 Å². The molecule has 1 heterocycles. The van der Waals surface area contributed by atoms with Gasteiger partial charge in [0, 0.05) is 24.2 Å². The Kier molecular flexibility index (Phi) is 9.34. The number of carbonyl (C=O) groups is 1. The number of rotatable bonds is 5. The molecule has 2 aromatic rings. The largest absolute Gasteiger partial charge is 0.325 e. The minimum Gasteiger partial charge on any atom is -0.325 e. The second-order valence-corrected chi connectivity index (χ2v) is 6.13. The summed E-state index contributed by atoms with van der Waals surface area (Å²) in [5.41, 5.74) is 9.01. The Morgan fingerprint density at radius 3 is 2.61 bits per heavy atom. The first-order valence-corrected chi connectivity index (χ1v) is 7.57. The standard InChI is InChI=1S/C15H20N4OS.2ClH/c1-10-4-5-12(11(6-10)8-19(2)3)18-15(20)13-9-21-14(7-16)17-13;;/h4-6,9H,7-8,16H2,1-3H3,(H,18,20);2*1H. The molecule has 0 fully saturated rings. The first-order valence-electron chi connectivity index (χ1n) is 6.69. The van der Waals surface area contributed by atoms with Crippen molar-refractivity contribution in [2.24, 2.45) is 5.73 Å². The van der Waals surface area contributed by atoms with Gasteiger partial charge in [0.05, 0.1) is 0 Å². The molecule has 0 saturated carbocycles. The molecule has 1 aromatic heterocycles. The van der Waals surface area contributed by atoms with E-state index in [2.05, 4.69) is 21.3 Å². The number of amides is 1. The average molecular weight is 377 g/mol. The molecule has 0 saturated heterocycles. The van der Waals surface area contributed by atoms with Crippen molar-refractivity contribution in [3.05, 3.63) is 45.4 Å². The van der Waals surface area contributed by atoms with Crippen molar-refractivity contribution in [3.63, 3.8) is 0 Å². The lowest BCUT2D eigenvalue weighted by atomic mass is 10.1. The third-order valence-corrected chi connectivity index (χ3v) is 3.83. The van der Waals surface area contributed by atoms with E-state index in [-0.39, 0.29) is 30.7 Å². The highest BCUT2D eigenvalue weighted by atomic mass is 35.5. The molecule has 128 valence electrons. The van der Waals surface area contributed by atoms with E-state index in [0.29, 0.717) is 12.2 Å². The lowest BCUT2D eigenvalue weighted by Gasteiger charge is -2.15. The second-order valence-electron chi connectivity index (χ2n) is 5.18. The maximum absolute atomic E-state index is 12.2. The lowest BCUT2D eigenvalue weighted by molar-refractivity contribution is 0.102. The molecule has 0 aliphatic rings. The minimum absolute atomic E-state index is 0. The highest BCUT2D eigenvalue weighted by molar-refractivity contribution is 7.09. The van der Waals surface area contributed by atoms with Crippen LogP contribution in [0.3, 0.4) is 0 Å². The van der Waals surface area contributed by atoms with Gasteiger partial charge < -0.3 is 16.0 Å². The number of carbonyl (C=O) groups excluding carboxylic acids is 1. The van der Waals surface area contributed by atoms with Crippen molar-refractivity contribution in [1.29, 1.82) is 0 Å². The summed E-state index contributed by atoms with van der Waals surface area (Å²) in [4.78, 5) is 18.5. The smallest absolute Gasteiger partial charge is 0.275 e. The van der Waals surface area contributed by atoms with Crippen LogP contribution in [0.4, 0.5) is 5.69 Å². The van der Waals surface area contributed by atoms with Crippen LogP contribution in [0.5, 0.6) is 0 Å². The Labute approximate surface area is 153 Å². The van der Waals surface area contributed by atoms with Gasteiger partial charge in [-0.05, 0) is 32.6 Å². The molecule has 0 unspecified atom stereocenters. The fraction of sp³-hybridized carbons (Fsp3) is 0.333. The fourth-order valence-corrected chi connectivity index (χ4v) is 2.67. The predicted molar refractivity (Wildman–Crippen MR) is 101 cm³/mol. The number of thiazole rings is 1. The molecule has 0 spiro atoms. The molecule has 0 bridgehead atoms. The number of halogens is 2. The molecular weight excluding hydrogens is 355 g/mol. The summed E-state index contributed by atoms with van der Waals surface area (Å²) in [6.45, 7) is 3.16. The second kappa shape index (κ2) is 9.85. The van der Waals surface area contributed by atoms with Crippen molar-refractivity contribution in [2.75, 3.05) is 19.4 Å². The van der Waals surface area contributed by atoms with Crippen LogP contribution in [0.1, 0.15) is 26.6 Å². The number of aromatic nitrogens is 1. The van der Waals surface area contributed by atoms with Crippen LogP contribution >= 0.6 is 36.2 Å². The van der Waals surface area contributed by atoms with Crippen LogP contribution in [-0.2, 0) is 13.1 Å². The lowest BCUT2D eigenvalue weighted by Crippen LogP contribution is -2.17. The first-order chi connectivity index (χ1) is 9.99. The van der Waals surface area contributed by atoms with Crippen LogP contribution in [-0.4, -0.2) is 29.9 Å². The molecule has 1 aromatic carbocycles. The summed E-state index contributed by atoms with van der Waals surface area (Å²) in [7, 11) is 4.00. The SMILES string of the molecule is Cc1ccc(NC(=O)c2csc(CN)n2)c(CN(C)C)c1.Cl.Cl. The van der Waals surface area contributed by atoms with E-state index in [1.54, 1.807) is 5.38 Å². The van der Waals surface area contributed by atoms with Gasteiger partial charge in [-0.15, -0.1) is 36.2 Å². The molecular formula is C15H22Cl2N4OS. The van der Waals surface area contributed by atoms with Crippen molar-refractivity contribution < 1.29 is 4.79 Å². The van der Waals surface area contributed by atoms with E-state index < -0.39 is 0 Å². The topological polar surface area (TPSA) is 71.2 Å². The van der Waals surface area contributed by atoms with E-state index in [9.17, 15) is 4.79 Å². The van der Waals surface area contributed by atoms with Crippen LogP contribution in [0.25, 0.3) is 0 Å². The monoisotopic (exact) mass is 376 g/mol. The molecule has 1 amide bonds. The molecule has 0 aliphatic heterocycles. The zero-order chi connectivity index (χ0) is 15.4. The zero-order valence-electron chi connectivity index (χ0n) is 13.3. The van der Waals surface area contributed by atoms with E-state index in [1.807, 2.05) is 33.2 Å². The number of anilines is 1. The summed E-state index contributed by atoms with van der Waals surface area (Å²) in [5.74, 6) is -0.199. The molecule has 0 atom stereocenters. The Morgan fingerprint density at radius 2 is 2.04 bits per heavy atom. The minimum atomic E-state index is -0.199. The van der Waals surface area contributed by atoms with Crippen molar-refractivity contribution in [3.8, 4) is 0 Å². The average Bonchev–Trinajstić information content (AvgIpc) is 2.90. The maximum atomic E-state index is 12.2. The van der Waals surface area contributed by atoms with E-state index >= 15 is 0 Å². The van der Waals surface area contributed by atoms with Crippen molar-refractivity contribution in [2.45, 2.75) is 20.0 Å².